The molecule has 132 valence electrons. The summed E-state index contributed by atoms with van der Waals surface area (Å²) in [4.78, 5) is 19.1. The van der Waals surface area contributed by atoms with Crippen molar-refractivity contribution < 1.29 is 9.53 Å². The molecule has 1 amide bonds. The number of hydrogen-bond donors (Lipinski definition) is 1. The Morgan fingerprint density at radius 1 is 1.28 bits per heavy atom. The Bertz CT molecular complexity index is 705. The summed E-state index contributed by atoms with van der Waals surface area (Å²) in [5, 5.41) is 3.02. The number of nitrogens with one attached hydrogen (secondary N) is 1. The SMILES string of the molecule is CCN1CCO[C@@H](CNC(=O)c2cccnc2C)[C@@H]1c1ccccc1. The fraction of sp³-hybridized carbons (Fsp3) is 0.400. The summed E-state index contributed by atoms with van der Waals surface area (Å²) < 4.78 is 6.02. The van der Waals surface area contributed by atoms with Crippen LogP contribution in [-0.2, 0) is 4.74 Å². The van der Waals surface area contributed by atoms with Crippen molar-refractivity contribution in [3.63, 3.8) is 0 Å². The van der Waals surface area contributed by atoms with Crippen LogP contribution in [0.2, 0.25) is 0 Å². The smallest absolute Gasteiger partial charge is 0.253 e. The Kier molecular flexibility index (Phi) is 5.79. The molecule has 1 saturated heterocycles. The molecule has 1 aliphatic heterocycles. The van der Waals surface area contributed by atoms with Crippen molar-refractivity contribution >= 4 is 5.91 Å². The van der Waals surface area contributed by atoms with Gasteiger partial charge in [0.15, 0.2) is 0 Å². The molecule has 0 bridgehead atoms. The van der Waals surface area contributed by atoms with Crippen LogP contribution in [0.5, 0.6) is 0 Å². The van der Waals surface area contributed by atoms with E-state index in [0.29, 0.717) is 18.7 Å². The second kappa shape index (κ2) is 8.23. The number of morpholine rings is 1. The summed E-state index contributed by atoms with van der Waals surface area (Å²) in [5.74, 6) is -0.102. The van der Waals surface area contributed by atoms with E-state index < -0.39 is 0 Å². The number of carbonyl (C=O) groups excluding carboxylic acids is 1. The van der Waals surface area contributed by atoms with Crippen LogP contribution in [0.25, 0.3) is 0 Å². The number of likely N-dealkylation sites (N-methyl/N-ethyl adjacent to an activating group) is 1. The standard InChI is InChI=1S/C20H25N3O2/c1-3-23-12-13-25-18(19(23)16-8-5-4-6-9-16)14-22-20(24)17-10-7-11-21-15(17)2/h4-11,18-19H,3,12-14H2,1-2H3,(H,22,24)/t18-,19-/m0/s1. The van der Waals surface area contributed by atoms with Gasteiger partial charge in [0, 0.05) is 25.0 Å². The Labute approximate surface area is 149 Å². The molecule has 2 atom stereocenters. The third-order valence-electron chi connectivity index (χ3n) is 4.72. The van der Waals surface area contributed by atoms with Gasteiger partial charge < -0.3 is 10.1 Å². The van der Waals surface area contributed by atoms with Gasteiger partial charge in [-0.25, -0.2) is 0 Å². The van der Waals surface area contributed by atoms with Gasteiger partial charge in [0.1, 0.15) is 0 Å². The summed E-state index contributed by atoms with van der Waals surface area (Å²) in [6.45, 7) is 7.03. The second-order valence-corrected chi connectivity index (χ2v) is 6.24. The fourth-order valence-electron chi connectivity index (χ4n) is 3.40. The van der Waals surface area contributed by atoms with Crippen molar-refractivity contribution in [3.05, 3.63) is 65.5 Å². The highest BCUT2D eigenvalue weighted by Gasteiger charge is 2.32. The molecule has 1 aliphatic rings. The van der Waals surface area contributed by atoms with E-state index in [2.05, 4.69) is 34.3 Å². The lowest BCUT2D eigenvalue weighted by Gasteiger charge is -2.41. The van der Waals surface area contributed by atoms with Crippen LogP contribution in [-0.4, -0.2) is 48.1 Å². The maximum Gasteiger partial charge on any atom is 0.253 e. The van der Waals surface area contributed by atoms with Gasteiger partial charge >= 0.3 is 0 Å². The van der Waals surface area contributed by atoms with Crippen molar-refractivity contribution in [1.29, 1.82) is 0 Å². The number of ether oxygens (including phenoxy) is 1. The van der Waals surface area contributed by atoms with Crippen LogP contribution in [0.3, 0.4) is 0 Å². The lowest BCUT2D eigenvalue weighted by molar-refractivity contribution is -0.0685. The number of nitrogens with zero attached hydrogens (tertiary/aromatic N) is 2. The number of carbonyl (C=O) groups is 1. The molecule has 1 N–H and O–H groups in total. The normalized spacial score (nSPS) is 21.0. The quantitative estimate of drug-likeness (QED) is 0.910. The molecule has 1 aromatic carbocycles. The first-order valence-electron chi connectivity index (χ1n) is 8.81. The Morgan fingerprint density at radius 2 is 2.08 bits per heavy atom. The number of hydrogen-bond acceptors (Lipinski definition) is 4. The number of pyridine rings is 1. The first-order valence-corrected chi connectivity index (χ1v) is 8.81. The number of aromatic nitrogens is 1. The minimum Gasteiger partial charge on any atom is -0.373 e. The molecule has 0 saturated carbocycles. The van der Waals surface area contributed by atoms with E-state index in [1.165, 1.54) is 5.56 Å². The van der Waals surface area contributed by atoms with Crippen molar-refractivity contribution in [3.8, 4) is 0 Å². The number of amides is 1. The highest BCUT2D eigenvalue weighted by Crippen LogP contribution is 2.29. The third-order valence-corrected chi connectivity index (χ3v) is 4.72. The van der Waals surface area contributed by atoms with E-state index in [4.69, 9.17) is 4.74 Å². The maximum atomic E-state index is 12.5. The molecular formula is C20H25N3O2. The van der Waals surface area contributed by atoms with Gasteiger partial charge in [-0.1, -0.05) is 37.3 Å². The number of aryl methyl sites for hydroxylation is 1. The van der Waals surface area contributed by atoms with Gasteiger partial charge in [0.25, 0.3) is 5.91 Å². The first-order chi connectivity index (χ1) is 12.2. The van der Waals surface area contributed by atoms with Crippen LogP contribution in [0.15, 0.2) is 48.7 Å². The lowest BCUT2D eigenvalue weighted by Crippen LogP contribution is -2.49. The van der Waals surface area contributed by atoms with Crippen molar-refractivity contribution in [1.82, 2.24) is 15.2 Å². The van der Waals surface area contributed by atoms with Gasteiger partial charge in [0.2, 0.25) is 0 Å². The molecule has 2 heterocycles. The van der Waals surface area contributed by atoms with Crippen LogP contribution in [0, 0.1) is 6.92 Å². The molecule has 1 aromatic heterocycles. The predicted octanol–water partition coefficient (Wildman–Crippen LogP) is 2.58. The zero-order chi connectivity index (χ0) is 17.6. The summed E-state index contributed by atoms with van der Waals surface area (Å²) in [6, 6.07) is 14.1. The van der Waals surface area contributed by atoms with E-state index in [-0.39, 0.29) is 18.1 Å². The molecular weight excluding hydrogens is 314 g/mol. The fourth-order valence-corrected chi connectivity index (χ4v) is 3.40. The minimum absolute atomic E-state index is 0.0722. The monoisotopic (exact) mass is 339 g/mol. The molecule has 5 nitrogen and oxygen atoms in total. The zero-order valence-electron chi connectivity index (χ0n) is 14.8. The van der Waals surface area contributed by atoms with Crippen molar-refractivity contribution in [2.24, 2.45) is 0 Å². The van der Waals surface area contributed by atoms with Gasteiger partial charge in [0.05, 0.1) is 24.3 Å². The Morgan fingerprint density at radius 3 is 2.80 bits per heavy atom. The molecule has 0 unspecified atom stereocenters. The highest BCUT2D eigenvalue weighted by molar-refractivity contribution is 5.95. The minimum atomic E-state index is -0.102. The zero-order valence-corrected chi connectivity index (χ0v) is 14.8. The lowest BCUT2D eigenvalue weighted by atomic mass is 9.97. The van der Waals surface area contributed by atoms with Gasteiger partial charge in [-0.2, -0.15) is 0 Å². The maximum absolute atomic E-state index is 12.5. The van der Waals surface area contributed by atoms with Gasteiger partial charge in [-0.3, -0.25) is 14.7 Å². The highest BCUT2D eigenvalue weighted by atomic mass is 16.5. The van der Waals surface area contributed by atoms with Crippen molar-refractivity contribution in [2.45, 2.75) is 26.0 Å². The third kappa shape index (κ3) is 4.06. The first kappa shape index (κ1) is 17.6. The topological polar surface area (TPSA) is 54.5 Å². The number of benzene rings is 1. The molecule has 0 spiro atoms. The van der Waals surface area contributed by atoms with Crippen LogP contribution >= 0.6 is 0 Å². The van der Waals surface area contributed by atoms with E-state index >= 15 is 0 Å². The Balaban J connectivity index is 1.73. The largest absolute Gasteiger partial charge is 0.373 e. The van der Waals surface area contributed by atoms with Gasteiger partial charge in [-0.05, 0) is 31.2 Å². The van der Waals surface area contributed by atoms with E-state index in [0.717, 1.165) is 18.8 Å². The van der Waals surface area contributed by atoms with Gasteiger partial charge in [-0.15, -0.1) is 0 Å². The molecule has 1 fully saturated rings. The van der Waals surface area contributed by atoms with Crippen LogP contribution < -0.4 is 5.32 Å². The second-order valence-electron chi connectivity index (χ2n) is 6.24. The molecule has 0 radical (unpaired) electrons. The summed E-state index contributed by atoms with van der Waals surface area (Å²) >= 11 is 0. The van der Waals surface area contributed by atoms with E-state index in [1.54, 1.807) is 18.3 Å². The Hall–Kier alpha value is -2.24. The van der Waals surface area contributed by atoms with Crippen molar-refractivity contribution in [2.75, 3.05) is 26.2 Å². The van der Waals surface area contributed by atoms with Crippen LogP contribution in [0.1, 0.15) is 34.6 Å². The molecule has 5 heteroatoms. The average Bonchev–Trinajstić information content (AvgIpc) is 2.66. The molecule has 3 rings (SSSR count). The average molecular weight is 339 g/mol. The molecule has 2 aromatic rings. The molecule has 25 heavy (non-hydrogen) atoms. The van der Waals surface area contributed by atoms with E-state index in [9.17, 15) is 4.79 Å². The van der Waals surface area contributed by atoms with E-state index in [1.807, 2.05) is 25.1 Å². The summed E-state index contributed by atoms with van der Waals surface area (Å²) in [5.41, 5.74) is 2.57. The summed E-state index contributed by atoms with van der Waals surface area (Å²) in [6.07, 6.45) is 1.62. The summed E-state index contributed by atoms with van der Waals surface area (Å²) in [7, 11) is 0. The number of rotatable bonds is 5. The molecule has 0 aliphatic carbocycles. The van der Waals surface area contributed by atoms with Crippen LogP contribution in [0.4, 0.5) is 0 Å². The predicted molar refractivity (Wildman–Crippen MR) is 97.5 cm³/mol.